The van der Waals surface area contributed by atoms with Gasteiger partial charge in [-0.25, -0.2) is 0 Å². The molecular weight excluding hydrogens is 412 g/mol. The number of likely N-dealkylation sites (N-methyl/N-ethyl adjacent to an activating group) is 1. The van der Waals surface area contributed by atoms with Crippen molar-refractivity contribution in [2.45, 2.75) is 45.7 Å². The summed E-state index contributed by atoms with van der Waals surface area (Å²) in [5, 5.41) is 5.80. The standard InChI is InChI=1S/C27H38N4O2/c1-27(2,3)24-10-8-23(9-11-24)26(33)28-13-12-25(32)29-19-21-6-5-7-22(18-21)20-31-16-14-30(4)15-17-31/h5-11,18H,12-17,19-20H2,1-4H3,(H,28,33)(H,29,32). The fraction of sp³-hybridized carbons (Fsp3) is 0.481. The summed E-state index contributed by atoms with van der Waals surface area (Å²) in [6, 6.07) is 16.1. The predicted octanol–water partition coefficient (Wildman–Crippen LogP) is 3.17. The first-order valence-corrected chi connectivity index (χ1v) is 11.8. The molecule has 178 valence electrons. The predicted molar refractivity (Wildman–Crippen MR) is 133 cm³/mol. The van der Waals surface area contributed by atoms with Crippen LogP contribution < -0.4 is 10.6 Å². The van der Waals surface area contributed by atoms with Crippen LogP contribution in [0.15, 0.2) is 48.5 Å². The number of carbonyl (C=O) groups excluding carboxylic acids is 2. The zero-order chi connectivity index (χ0) is 23.8. The largest absolute Gasteiger partial charge is 0.352 e. The van der Waals surface area contributed by atoms with Crippen molar-refractivity contribution in [2.75, 3.05) is 39.8 Å². The number of rotatable bonds is 8. The van der Waals surface area contributed by atoms with Gasteiger partial charge >= 0.3 is 0 Å². The number of benzene rings is 2. The summed E-state index contributed by atoms with van der Waals surface area (Å²) in [6.45, 7) is 12.6. The number of piperazine rings is 1. The highest BCUT2D eigenvalue weighted by Gasteiger charge is 2.15. The molecule has 2 amide bonds. The molecule has 3 rings (SSSR count). The Balaban J connectivity index is 1.38. The number of hydrogen-bond donors (Lipinski definition) is 2. The minimum atomic E-state index is -0.153. The van der Waals surface area contributed by atoms with Crippen LogP contribution in [0.25, 0.3) is 0 Å². The average Bonchev–Trinajstić information content (AvgIpc) is 2.79. The molecule has 6 nitrogen and oxygen atoms in total. The second-order valence-corrected chi connectivity index (χ2v) is 10.0. The van der Waals surface area contributed by atoms with Crippen LogP contribution in [0.1, 0.15) is 54.2 Å². The number of nitrogens with zero attached hydrogens (tertiary/aromatic N) is 2. The van der Waals surface area contributed by atoms with Crippen molar-refractivity contribution in [2.24, 2.45) is 0 Å². The van der Waals surface area contributed by atoms with E-state index in [1.165, 1.54) is 11.1 Å². The van der Waals surface area contributed by atoms with Crippen molar-refractivity contribution in [1.29, 1.82) is 0 Å². The first-order chi connectivity index (χ1) is 15.7. The van der Waals surface area contributed by atoms with Crippen LogP contribution in [0.3, 0.4) is 0 Å². The van der Waals surface area contributed by atoms with Gasteiger partial charge in [-0.3, -0.25) is 14.5 Å². The van der Waals surface area contributed by atoms with Gasteiger partial charge in [0.1, 0.15) is 0 Å². The van der Waals surface area contributed by atoms with E-state index in [0.29, 0.717) is 18.7 Å². The Morgan fingerprint density at radius 3 is 2.24 bits per heavy atom. The van der Waals surface area contributed by atoms with Gasteiger partial charge in [-0.05, 0) is 41.3 Å². The highest BCUT2D eigenvalue weighted by molar-refractivity contribution is 5.94. The van der Waals surface area contributed by atoms with Gasteiger partial charge in [-0.15, -0.1) is 0 Å². The second kappa shape index (κ2) is 11.4. The SMILES string of the molecule is CN1CCN(Cc2cccc(CNC(=O)CCNC(=O)c3ccc(C(C)(C)C)cc3)c2)CC1. The third kappa shape index (κ3) is 7.98. The Labute approximate surface area is 198 Å². The van der Waals surface area contributed by atoms with Crippen LogP contribution in [-0.2, 0) is 23.3 Å². The van der Waals surface area contributed by atoms with E-state index < -0.39 is 0 Å². The number of hydrogen-bond acceptors (Lipinski definition) is 4. The van der Waals surface area contributed by atoms with E-state index in [2.05, 4.69) is 66.5 Å². The van der Waals surface area contributed by atoms with Crippen LogP contribution >= 0.6 is 0 Å². The molecule has 0 atom stereocenters. The maximum absolute atomic E-state index is 12.3. The molecule has 0 aromatic heterocycles. The first kappa shape index (κ1) is 24.9. The van der Waals surface area contributed by atoms with Crippen LogP contribution in [0, 0.1) is 0 Å². The van der Waals surface area contributed by atoms with Crippen LogP contribution in [0.4, 0.5) is 0 Å². The van der Waals surface area contributed by atoms with E-state index in [0.717, 1.165) is 38.3 Å². The Morgan fingerprint density at radius 1 is 0.909 bits per heavy atom. The van der Waals surface area contributed by atoms with Crippen molar-refractivity contribution in [3.05, 3.63) is 70.8 Å². The molecule has 1 aliphatic heterocycles. The summed E-state index contributed by atoms with van der Waals surface area (Å²) >= 11 is 0. The molecule has 1 aliphatic rings. The molecule has 0 saturated carbocycles. The first-order valence-electron chi connectivity index (χ1n) is 11.8. The zero-order valence-corrected chi connectivity index (χ0v) is 20.5. The van der Waals surface area contributed by atoms with Gasteiger partial charge in [-0.1, -0.05) is 57.2 Å². The lowest BCUT2D eigenvalue weighted by Crippen LogP contribution is -2.43. The summed E-state index contributed by atoms with van der Waals surface area (Å²) in [5.74, 6) is -0.220. The highest BCUT2D eigenvalue weighted by Crippen LogP contribution is 2.22. The Morgan fingerprint density at radius 2 is 1.58 bits per heavy atom. The average molecular weight is 451 g/mol. The Bertz CT molecular complexity index is 926. The van der Waals surface area contributed by atoms with Gasteiger partial charge in [0.05, 0.1) is 0 Å². The molecule has 0 aliphatic carbocycles. The van der Waals surface area contributed by atoms with E-state index >= 15 is 0 Å². The van der Waals surface area contributed by atoms with Crippen molar-refractivity contribution in [3.8, 4) is 0 Å². The molecule has 1 saturated heterocycles. The lowest BCUT2D eigenvalue weighted by atomic mass is 9.87. The summed E-state index contributed by atoms with van der Waals surface area (Å²) in [7, 11) is 2.16. The fourth-order valence-corrected chi connectivity index (χ4v) is 3.90. The smallest absolute Gasteiger partial charge is 0.251 e. The summed E-state index contributed by atoms with van der Waals surface area (Å²) in [5.41, 5.74) is 4.22. The summed E-state index contributed by atoms with van der Waals surface area (Å²) < 4.78 is 0. The maximum Gasteiger partial charge on any atom is 0.251 e. The molecule has 2 N–H and O–H groups in total. The minimum absolute atomic E-state index is 0.0528. The van der Waals surface area contributed by atoms with E-state index in [1.807, 2.05) is 30.3 Å². The third-order valence-corrected chi connectivity index (χ3v) is 6.13. The van der Waals surface area contributed by atoms with Gasteiger partial charge in [0.25, 0.3) is 5.91 Å². The molecule has 1 fully saturated rings. The fourth-order valence-electron chi connectivity index (χ4n) is 3.90. The normalized spacial score (nSPS) is 15.3. The molecule has 0 unspecified atom stereocenters. The molecule has 0 bridgehead atoms. The van der Waals surface area contributed by atoms with E-state index in [4.69, 9.17) is 0 Å². The van der Waals surface area contributed by atoms with E-state index in [9.17, 15) is 9.59 Å². The quantitative estimate of drug-likeness (QED) is 0.649. The molecule has 2 aromatic rings. The van der Waals surface area contributed by atoms with E-state index in [-0.39, 0.29) is 23.7 Å². The Hall–Kier alpha value is -2.70. The third-order valence-electron chi connectivity index (χ3n) is 6.13. The maximum atomic E-state index is 12.3. The van der Waals surface area contributed by atoms with Gasteiger partial charge in [0, 0.05) is 57.8 Å². The van der Waals surface area contributed by atoms with Crippen LogP contribution in [0.2, 0.25) is 0 Å². The minimum Gasteiger partial charge on any atom is -0.352 e. The molecule has 0 radical (unpaired) electrons. The molecule has 0 spiro atoms. The summed E-state index contributed by atoms with van der Waals surface area (Å²) in [6.07, 6.45) is 0.257. The lowest BCUT2D eigenvalue weighted by molar-refractivity contribution is -0.121. The van der Waals surface area contributed by atoms with Crippen molar-refractivity contribution in [1.82, 2.24) is 20.4 Å². The molecule has 6 heteroatoms. The molecular formula is C27H38N4O2. The van der Waals surface area contributed by atoms with Gasteiger partial charge in [0.15, 0.2) is 0 Å². The highest BCUT2D eigenvalue weighted by atomic mass is 16.2. The number of carbonyl (C=O) groups is 2. The van der Waals surface area contributed by atoms with Crippen molar-refractivity contribution in [3.63, 3.8) is 0 Å². The summed E-state index contributed by atoms with van der Waals surface area (Å²) in [4.78, 5) is 29.4. The monoisotopic (exact) mass is 450 g/mol. The van der Waals surface area contributed by atoms with Gasteiger partial charge < -0.3 is 15.5 Å². The lowest BCUT2D eigenvalue weighted by Gasteiger charge is -2.32. The topological polar surface area (TPSA) is 64.7 Å². The molecule has 1 heterocycles. The van der Waals surface area contributed by atoms with Crippen LogP contribution in [0.5, 0.6) is 0 Å². The zero-order valence-electron chi connectivity index (χ0n) is 20.5. The van der Waals surface area contributed by atoms with Crippen molar-refractivity contribution < 1.29 is 9.59 Å². The molecule has 2 aromatic carbocycles. The van der Waals surface area contributed by atoms with Crippen LogP contribution in [-0.4, -0.2) is 61.4 Å². The number of nitrogens with one attached hydrogen (secondary N) is 2. The van der Waals surface area contributed by atoms with Gasteiger partial charge in [0.2, 0.25) is 5.91 Å². The molecule has 33 heavy (non-hydrogen) atoms. The number of amides is 2. The second-order valence-electron chi connectivity index (χ2n) is 10.0. The van der Waals surface area contributed by atoms with E-state index in [1.54, 1.807) is 0 Å². The van der Waals surface area contributed by atoms with Gasteiger partial charge in [-0.2, -0.15) is 0 Å². The van der Waals surface area contributed by atoms with Crippen molar-refractivity contribution >= 4 is 11.8 Å². The Kier molecular flexibility index (Phi) is 8.64.